The Kier molecular flexibility index (Phi) is 4.54. The van der Waals surface area contributed by atoms with Crippen LogP contribution in [-0.2, 0) is 4.79 Å². The molecule has 0 aromatic rings. The van der Waals surface area contributed by atoms with Crippen LogP contribution in [0.25, 0.3) is 0 Å². The molecular weight excluding hydrogens is 236 g/mol. The lowest BCUT2D eigenvalue weighted by molar-refractivity contribution is -0.133. The number of rotatable bonds is 4. The molecule has 2 fully saturated rings. The van der Waals surface area contributed by atoms with Crippen molar-refractivity contribution in [3.8, 4) is 0 Å². The van der Waals surface area contributed by atoms with E-state index < -0.39 is 0 Å². The summed E-state index contributed by atoms with van der Waals surface area (Å²) in [5.74, 6) is 0.358. The molecule has 1 amide bonds. The first kappa shape index (κ1) is 14.8. The van der Waals surface area contributed by atoms with Gasteiger partial charge in [-0.3, -0.25) is 10.1 Å². The van der Waals surface area contributed by atoms with E-state index in [9.17, 15) is 4.79 Å². The molecule has 1 N–H and O–H groups in total. The highest BCUT2D eigenvalue weighted by Crippen LogP contribution is 2.39. The monoisotopic (exact) mass is 266 g/mol. The number of hydrogen-bond donors (Lipinski definition) is 1. The Bertz CT molecular complexity index is 327. The van der Waals surface area contributed by atoms with Crippen molar-refractivity contribution in [2.24, 2.45) is 5.41 Å². The van der Waals surface area contributed by atoms with E-state index >= 15 is 0 Å². The lowest BCUT2D eigenvalue weighted by Gasteiger charge is -2.41. The molecule has 0 spiro atoms. The molecule has 3 nitrogen and oxygen atoms in total. The third-order valence-corrected chi connectivity index (χ3v) is 4.82. The van der Waals surface area contributed by atoms with E-state index in [1.54, 1.807) is 0 Å². The maximum atomic E-state index is 12.6. The lowest BCUT2D eigenvalue weighted by atomic mass is 9.74. The van der Waals surface area contributed by atoms with Gasteiger partial charge in [-0.2, -0.15) is 0 Å². The topological polar surface area (TPSA) is 32.3 Å². The van der Waals surface area contributed by atoms with Crippen molar-refractivity contribution < 1.29 is 4.79 Å². The molecule has 1 saturated heterocycles. The van der Waals surface area contributed by atoms with E-state index in [0.717, 1.165) is 25.7 Å². The second-order valence-corrected chi connectivity index (χ2v) is 7.09. The van der Waals surface area contributed by atoms with Crippen LogP contribution in [0.2, 0.25) is 0 Å². The minimum Gasteiger partial charge on any atom is -0.323 e. The number of nitrogens with one attached hydrogen (secondary N) is 1. The normalized spacial score (nSPS) is 34.8. The van der Waals surface area contributed by atoms with E-state index in [-0.39, 0.29) is 12.2 Å². The first-order valence-electron chi connectivity index (χ1n) is 8.06. The zero-order valence-corrected chi connectivity index (χ0v) is 13.0. The van der Waals surface area contributed by atoms with Crippen LogP contribution in [0.4, 0.5) is 0 Å². The Labute approximate surface area is 118 Å². The van der Waals surface area contributed by atoms with Gasteiger partial charge in [-0.1, -0.05) is 40.5 Å². The smallest absolute Gasteiger partial charge is 0.241 e. The summed E-state index contributed by atoms with van der Waals surface area (Å²) >= 11 is 0. The van der Waals surface area contributed by atoms with Gasteiger partial charge in [0, 0.05) is 6.04 Å². The third-order valence-electron chi connectivity index (χ3n) is 4.82. The summed E-state index contributed by atoms with van der Waals surface area (Å²) in [4.78, 5) is 14.8. The summed E-state index contributed by atoms with van der Waals surface area (Å²) < 4.78 is 0. The molecule has 0 bridgehead atoms. The molecule has 1 saturated carbocycles. The maximum Gasteiger partial charge on any atom is 0.241 e. The Morgan fingerprint density at radius 3 is 2.68 bits per heavy atom. The summed E-state index contributed by atoms with van der Waals surface area (Å²) in [5, 5.41) is 3.54. The third kappa shape index (κ3) is 3.13. The number of carbonyl (C=O) groups excluding carboxylic acids is 1. The second kappa shape index (κ2) is 5.82. The predicted molar refractivity (Wildman–Crippen MR) is 78.8 cm³/mol. The van der Waals surface area contributed by atoms with Crippen molar-refractivity contribution in [2.75, 3.05) is 0 Å². The minimum atomic E-state index is 0.0694. The molecule has 0 aromatic heterocycles. The SMILES string of the molecule is CCCC1NC(CC)N(C2CCCC(C)(C)C2)C1=O. The molecule has 110 valence electrons. The predicted octanol–water partition coefficient (Wildman–Crippen LogP) is 3.29. The number of nitrogens with zero attached hydrogens (tertiary/aromatic N) is 1. The summed E-state index contributed by atoms with van der Waals surface area (Å²) in [6.07, 6.45) is 8.24. The Hall–Kier alpha value is -0.570. The summed E-state index contributed by atoms with van der Waals surface area (Å²) in [5.41, 5.74) is 0.393. The molecule has 1 heterocycles. The average Bonchev–Trinajstić information content (AvgIpc) is 2.65. The first-order chi connectivity index (χ1) is 8.98. The number of hydrogen-bond acceptors (Lipinski definition) is 2. The van der Waals surface area contributed by atoms with Crippen molar-refractivity contribution in [1.82, 2.24) is 10.2 Å². The van der Waals surface area contributed by atoms with Crippen LogP contribution in [0.3, 0.4) is 0 Å². The molecule has 3 atom stereocenters. The van der Waals surface area contributed by atoms with Crippen LogP contribution in [0.1, 0.15) is 72.6 Å². The van der Waals surface area contributed by atoms with Crippen LogP contribution < -0.4 is 5.32 Å². The minimum absolute atomic E-state index is 0.0694. The lowest BCUT2D eigenvalue weighted by Crippen LogP contribution is -2.47. The van der Waals surface area contributed by atoms with E-state index in [1.165, 1.54) is 19.3 Å². The number of carbonyl (C=O) groups is 1. The van der Waals surface area contributed by atoms with E-state index in [0.29, 0.717) is 17.4 Å². The molecule has 0 aromatic carbocycles. The van der Waals surface area contributed by atoms with Gasteiger partial charge in [0.1, 0.15) is 0 Å². The van der Waals surface area contributed by atoms with Crippen molar-refractivity contribution >= 4 is 5.91 Å². The fourth-order valence-electron chi connectivity index (χ4n) is 3.86. The molecule has 1 aliphatic carbocycles. The van der Waals surface area contributed by atoms with E-state index in [1.807, 2.05) is 0 Å². The van der Waals surface area contributed by atoms with Gasteiger partial charge in [0.15, 0.2) is 0 Å². The van der Waals surface area contributed by atoms with Gasteiger partial charge < -0.3 is 4.90 Å². The largest absolute Gasteiger partial charge is 0.323 e. The van der Waals surface area contributed by atoms with Gasteiger partial charge >= 0.3 is 0 Å². The van der Waals surface area contributed by atoms with Gasteiger partial charge in [-0.15, -0.1) is 0 Å². The van der Waals surface area contributed by atoms with Crippen molar-refractivity contribution in [1.29, 1.82) is 0 Å². The van der Waals surface area contributed by atoms with Crippen LogP contribution in [0.5, 0.6) is 0 Å². The zero-order chi connectivity index (χ0) is 14.0. The molecule has 0 radical (unpaired) electrons. The van der Waals surface area contributed by atoms with Crippen molar-refractivity contribution in [2.45, 2.75) is 90.9 Å². The first-order valence-corrected chi connectivity index (χ1v) is 8.06. The van der Waals surface area contributed by atoms with E-state index in [4.69, 9.17) is 0 Å². The quantitative estimate of drug-likeness (QED) is 0.847. The molecule has 2 aliphatic rings. The highest BCUT2D eigenvalue weighted by Gasteiger charge is 2.43. The number of amides is 1. The van der Waals surface area contributed by atoms with Crippen LogP contribution in [0, 0.1) is 5.41 Å². The zero-order valence-electron chi connectivity index (χ0n) is 13.0. The molecule has 19 heavy (non-hydrogen) atoms. The summed E-state index contributed by atoms with van der Waals surface area (Å²) in [6.45, 7) is 9.03. The second-order valence-electron chi connectivity index (χ2n) is 7.09. The van der Waals surface area contributed by atoms with Crippen molar-refractivity contribution in [3.05, 3.63) is 0 Å². The van der Waals surface area contributed by atoms with Crippen LogP contribution >= 0.6 is 0 Å². The summed E-state index contributed by atoms with van der Waals surface area (Å²) in [7, 11) is 0. The van der Waals surface area contributed by atoms with Gasteiger partial charge in [0.05, 0.1) is 12.2 Å². The Balaban J connectivity index is 2.10. The highest BCUT2D eigenvalue weighted by molar-refractivity contribution is 5.84. The molecule has 3 heteroatoms. The van der Waals surface area contributed by atoms with Gasteiger partial charge in [-0.05, 0) is 37.5 Å². The van der Waals surface area contributed by atoms with Crippen molar-refractivity contribution in [3.63, 3.8) is 0 Å². The van der Waals surface area contributed by atoms with Crippen LogP contribution in [0.15, 0.2) is 0 Å². The molecule has 1 aliphatic heterocycles. The Morgan fingerprint density at radius 1 is 1.37 bits per heavy atom. The molecular formula is C16H30N2O. The highest BCUT2D eigenvalue weighted by atomic mass is 16.2. The average molecular weight is 266 g/mol. The fraction of sp³-hybridized carbons (Fsp3) is 0.938. The molecule has 3 unspecified atom stereocenters. The van der Waals surface area contributed by atoms with Gasteiger partial charge in [0.25, 0.3) is 0 Å². The Morgan fingerprint density at radius 2 is 2.11 bits per heavy atom. The summed E-state index contributed by atoms with van der Waals surface area (Å²) in [6, 6.07) is 0.524. The fourth-order valence-corrected chi connectivity index (χ4v) is 3.86. The molecule has 2 rings (SSSR count). The maximum absolute atomic E-state index is 12.6. The standard InChI is InChI=1S/C16H30N2O/c1-5-8-13-15(19)18(14(6-2)17-13)12-9-7-10-16(3,4)11-12/h12-14,17H,5-11H2,1-4H3. The van der Waals surface area contributed by atoms with E-state index in [2.05, 4.69) is 37.9 Å². The van der Waals surface area contributed by atoms with Gasteiger partial charge in [-0.25, -0.2) is 0 Å². The van der Waals surface area contributed by atoms with Gasteiger partial charge in [0.2, 0.25) is 5.91 Å². The van der Waals surface area contributed by atoms with Crippen LogP contribution in [-0.4, -0.2) is 29.1 Å².